The number of aliphatic imine (C=N–C) groups is 1. The van der Waals surface area contributed by atoms with Gasteiger partial charge in [0.25, 0.3) is 5.91 Å². The Kier molecular flexibility index (Phi) is 4.88. The van der Waals surface area contributed by atoms with E-state index in [1.54, 1.807) is 17.3 Å². The normalized spacial score (nSPS) is 27.0. The number of rotatable bonds is 4. The second kappa shape index (κ2) is 6.85. The molecule has 1 amide bonds. The highest BCUT2D eigenvalue weighted by Gasteiger charge is 2.28. The Labute approximate surface area is 127 Å². The van der Waals surface area contributed by atoms with Crippen LogP contribution in [0, 0.1) is 0 Å². The van der Waals surface area contributed by atoms with Crippen molar-refractivity contribution in [2.24, 2.45) is 4.99 Å². The highest BCUT2D eigenvalue weighted by molar-refractivity contribution is 8.12. The first-order valence-corrected chi connectivity index (χ1v) is 8.94. The van der Waals surface area contributed by atoms with E-state index in [0.717, 1.165) is 18.5 Å². The first-order valence-electron chi connectivity index (χ1n) is 7.01. The Hall–Kier alpha value is -0.690. The number of thiophene rings is 1. The molecule has 2 bridgehead atoms. The largest absolute Gasteiger partial charge is 0.302 e. The molecule has 20 heavy (non-hydrogen) atoms. The molecule has 108 valence electrons. The smallest absolute Gasteiger partial charge is 0.287 e. The summed E-state index contributed by atoms with van der Waals surface area (Å²) in [7, 11) is 0. The first kappa shape index (κ1) is 14.3. The van der Waals surface area contributed by atoms with Crippen molar-refractivity contribution in [1.82, 2.24) is 9.80 Å². The molecule has 3 fully saturated rings. The number of amides is 1. The van der Waals surface area contributed by atoms with Crippen LogP contribution in [0.1, 0.15) is 22.5 Å². The number of fused-ring (bicyclic) bond motifs is 4. The van der Waals surface area contributed by atoms with Gasteiger partial charge in [0.15, 0.2) is 0 Å². The van der Waals surface area contributed by atoms with Gasteiger partial charge in [0.2, 0.25) is 0 Å². The van der Waals surface area contributed by atoms with Gasteiger partial charge >= 0.3 is 0 Å². The third-order valence-corrected chi connectivity index (χ3v) is 5.59. The van der Waals surface area contributed by atoms with Gasteiger partial charge in [-0.15, -0.1) is 11.3 Å². The minimum atomic E-state index is -0.129. The molecule has 1 aromatic heterocycles. The Bertz CT molecular complexity index is 467. The second-order valence-electron chi connectivity index (χ2n) is 5.20. The first-order chi connectivity index (χ1) is 9.83. The summed E-state index contributed by atoms with van der Waals surface area (Å²) in [6.45, 7) is 4.82. The average Bonchev–Trinajstić information content (AvgIpc) is 2.88. The predicted molar refractivity (Wildman–Crippen MR) is 85.8 cm³/mol. The van der Waals surface area contributed by atoms with Crippen molar-refractivity contribution in [2.45, 2.75) is 18.9 Å². The molecule has 0 spiro atoms. The van der Waals surface area contributed by atoms with E-state index in [2.05, 4.69) is 14.8 Å². The fraction of sp³-hybridized carbons (Fsp3) is 0.571. The molecular weight excluding hydrogens is 290 g/mol. The Balaban J connectivity index is 1.46. The Morgan fingerprint density at radius 2 is 2.25 bits per heavy atom. The van der Waals surface area contributed by atoms with Crippen molar-refractivity contribution in [2.75, 3.05) is 32.1 Å². The van der Waals surface area contributed by atoms with Crippen LogP contribution in [0.3, 0.4) is 0 Å². The van der Waals surface area contributed by atoms with E-state index < -0.39 is 0 Å². The van der Waals surface area contributed by atoms with Gasteiger partial charge in [0.05, 0.1) is 16.3 Å². The number of hydrogen-bond acceptors (Lipinski definition) is 5. The molecule has 4 heterocycles. The Morgan fingerprint density at radius 1 is 1.40 bits per heavy atom. The topological polar surface area (TPSA) is 35.9 Å². The lowest BCUT2D eigenvalue weighted by Crippen LogP contribution is -2.37. The van der Waals surface area contributed by atoms with Crippen LogP contribution < -0.4 is 0 Å². The number of thioether (sulfide) groups is 1. The van der Waals surface area contributed by atoms with Crippen LogP contribution in [0.25, 0.3) is 0 Å². The lowest BCUT2D eigenvalue weighted by atomic mass is 10.1. The molecule has 3 aliphatic heterocycles. The Morgan fingerprint density at radius 3 is 3.00 bits per heavy atom. The van der Waals surface area contributed by atoms with E-state index in [0.29, 0.717) is 4.88 Å². The zero-order valence-electron chi connectivity index (χ0n) is 11.4. The average molecular weight is 309 g/mol. The fourth-order valence-corrected chi connectivity index (χ4v) is 4.19. The highest BCUT2D eigenvalue weighted by Crippen LogP contribution is 2.22. The van der Waals surface area contributed by atoms with Crippen molar-refractivity contribution in [3.8, 4) is 0 Å². The molecule has 0 aromatic carbocycles. The van der Waals surface area contributed by atoms with Crippen molar-refractivity contribution in [3.63, 3.8) is 0 Å². The third-order valence-electron chi connectivity index (χ3n) is 3.99. The number of carbonyl (C=O) groups is 1. The van der Waals surface area contributed by atoms with Crippen LogP contribution in [0.5, 0.6) is 0 Å². The quantitative estimate of drug-likeness (QED) is 0.632. The van der Waals surface area contributed by atoms with Crippen LogP contribution in [-0.2, 0) is 0 Å². The minimum Gasteiger partial charge on any atom is -0.302 e. The lowest BCUT2D eigenvalue weighted by Gasteiger charge is -2.30. The lowest BCUT2D eigenvalue weighted by molar-refractivity contribution is 0.101. The molecule has 4 rings (SSSR count). The van der Waals surface area contributed by atoms with Gasteiger partial charge in [-0.25, -0.2) is 4.99 Å². The molecule has 6 heteroatoms. The number of carbonyl (C=O) groups excluding carboxylic acids is 1. The minimum absolute atomic E-state index is 0.129. The standard InChI is InChI=1S/C14H19N3OS2/c18-14(13-2-1-9-20-13)15-10-19-11-17-8-7-16-5-3-12(17)4-6-16/h1-2,9-10,12H,3-8,11H2. The van der Waals surface area contributed by atoms with Crippen molar-refractivity contribution < 1.29 is 4.79 Å². The summed E-state index contributed by atoms with van der Waals surface area (Å²) >= 11 is 3.07. The molecule has 3 aliphatic rings. The van der Waals surface area contributed by atoms with E-state index >= 15 is 0 Å². The molecule has 1 aromatic rings. The van der Waals surface area contributed by atoms with Crippen molar-refractivity contribution >= 4 is 34.6 Å². The highest BCUT2D eigenvalue weighted by atomic mass is 32.2. The van der Waals surface area contributed by atoms with Gasteiger partial charge in [-0.2, -0.15) is 0 Å². The van der Waals surface area contributed by atoms with E-state index in [9.17, 15) is 4.79 Å². The maximum atomic E-state index is 11.7. The number of nitrogens with zero attached hydrogens (tertiary/aromatic N) is 3. The van der Waals surface area contributed by atoms with Gasteiger partial charge < -0.3 is 4.90 Å². The molecule has 4 nitrogen and oxygen atoms in total. The molecule has 0 radical (unpaired) electrons. The van der Waals surface area contributed by atoms with Gasteiger partial charge in [-0.3, -0.25) is 9.69 Å². The summed E-state index contributed by atoms with van der Waals surface area (Å²) < 4.78 is 0. The molecular formula is C14H19N3OS2. The summed E-state index contributed by atoms with van der Waals surface area (Å²) in [4.78, 5) is 21.5. The molecule has 0 saturated carbocycles. The van der Waals surface area contributed by atoms with Crippen LogP contribution in [0.2, 0.25) is 0 Å². The van der Waals surface area contributed by atoms with Crippen LogP contribution >= 0.6 is 23.1 Å². The van der Waals surface area contributed by atoms with Gasteiger partial charge in [0.1, 0.15) is 0 Å². The molecule has 0 N–H and O–H groups in total. The van der Waals surface area contributed by atoms with E-state index in [-0.39, 0.29) is 5.91 Å². The molecule has 0 aliphatic carbocycles. The monoisotopic (exact) mass is 309 g/mol. The van der Waals surface area contributed by atoms with Gasteiger partial charge in [0, 0.05) is 19.1 Å². The molecule has 0 atom stereocenters. The number of hydrogen-bond donors (Lipinski definition) is 0. The van der Waals surface area contributed by atoms with Gasteiger partial charge in [-0.1, -0.05) is 17.8 Å². The summed E-state index contributed by atoms with van der Waals surface area (Å²) in [5.74, 6) is 0.815. The van der Waals surface area contributed by atoms with Gasteiger partial charge in [-0.05, 0) is 37.4 Å². The van der Waals surface area contributed by atoms with E-state index in [4.69, 9.17) is 0 Å². The summed E-state index contributed by atoms with van der Waals surface area (Å²) in [6, 6.07) is 4.42. The zero-order chi connectivity index (χ0) is 13.8. The van der Waals surface area contributed by atoms with Crippen molar-refractivity contribution in [1.29, 1.82) is 0 Å². The second-order valence-corrected chi connectivity index (χ2v) is 6.95. The molecule has 0 unspecified atom stereocenters. The van der Waals surface area contributed by atoms with Crippen LogP contribution in [0.4, 0.5) is 0 Å². The van der Waals surface area contributed by atoms with E-state index in [1.807, 2.05) is 17.5 Å². The van der Waals surface area contributed by atoms with Crippen LogP contribution in [-0.4, -0.2) is 59.4 Å². The maximum absolute atomic E-state index is 11.7. The van der Waals surface area contributed by atoms with E-state index in [1.165, 1.54) is 43.8 Å². The SMILES string of the molecule is O=C(N=CSCN1CCN2CCC1CC2)c1cccs1. The summed E-state index contributed by atoms with van der Waals surface area (Å²) in [6.07, 6.45) is 2.57. The van der Waals surface area contributed by atoms with Crippen LogP contribution in [0.15, 0.2) is 22.5 Å². The zero-order valence-corrected chi connectivity index (χ0v) is 13.0. The third kappa shape index (κ3) is 3.49. The molecule has 3 saturated heterocycles. The summed E-state index contributed by atoms with van der Waals surface area (Å²) in [5, 5.41) is 1.90. The fourth-order valence-electron chi connectivity index (χ4n) is 2.81. The number of piperidine rings is 1. The maximum Gasteiger partial charge on any atom is 0.287 e. The summed E-state index contributed by atoms with van der Waals surface area (Å²) in [5.41, 5.74) is 1.71. The van der Waals surface area contributed by atoms with Crippen molar-refractivity contribution in [3.05, 3.63) is 22.4 Å². The predicted octanol–water partition coefficient (Wildman–Crippen LogP) is 2.39.